The van der Waals surface area contributed by atoms with Gasteiger partial charge in [-0.2, -0.15) is 13.2 Å². The second-order valence-corrected chi connectivity index (χ2v) is 5.13. The summed E-state index contributed by atoms with van der Waals surface area (Å²) in [5, 5.41) is 12.5. The molecule has 1 unspecified atom stereocenters. The molecule has 8 heteroatoms. The van der Waals surface area contributed by atoms with E-state index in [1.54, 1.807) is 17.5 Å². The lowest BCUT2D eigenvalue weighted by atomic mass is 10.1. The molecule has 0 spiro atoms. The van der Waals surface area contributed by atoms with Gasteiger partial charge < -0.3 is 10.9 Å². The number of nitrogens with zero attached hydrogens (tertiary/aromatic N) is 1. The number of thiophene rings is 1. The first kappa shape index (κ1) is 13.2. The van der Waals surface area contributed by atoms with Crippen LogP contribution in [0.2, 0.25) is 0 Å². The Kier molecular flexibility index (Phi) is 4.48. The van der Waals surface area contributed by atoms with Gasteiger partial charge >= 0.3 is 6.18 Å². The molecular weight excluding hydrogens is 261 g/mol. The molecule has 3 N–H and O–H groups in total. The minimum absolute atomic E-state index is 0.292. The molecule has 1 heterocycles. The Morgan fingerprint density at radius 3 is 2.75 bits per heavy atom. The van der Waals surface area contributed by atoms with Crippen molar-refractivity contribution in [1.29, 1.82) is 0 Å². The van der Waals surface area contributed by atoms with Gasteiger partial charge in [0.1, 0.15) is 5.92 Å². The highest BCUT2D eigenvalue weighted by molar-refractivity contribution is 8.01. The molecule has 1 aromatic heterocycles. The van der Waals surface area contributed by atoms with Crippen molar-refractivity contribution < 1.29 is 18.4 Å². The van der Waals surface area contributed by atoms with E-state index >= 15 is 0 Å². The maximum Gasteiger partial charge on any atom is 0.399 e. The van der Waals surface area contributed by atoms with E-state index in [4.69, 9.17) is 10.9 Å². The number of rotatable bonds is 4. The molecule has 0 aliphatic rings. The highest BCUT2D eigenvalue weighted by Crippen LogP contribution is 2.33. The zero-order valence-corrected chi connectivity index (χ0v) is 9.57. The predicted octanol–water partition coefficient (Wildman–Crippen LogP) is 2.77. The van der Waals surface area contributed by atoms with Gasteiger partial charge in [-0.1, -0.05) is 11.2 Å². The van der Waals surface area contributed by atoms with Gasteiger partial charge in [0.05, 0.1) is 4.21 Å². The smallest absolute Gasteiger partial charge is 0.399 e. The summed E-state index contributed by atoms with van der Waals surface area (Å²) >= 11 is 2.38. The summed E-state index contributed by atoms with van der Waals surface area (Å²) in [6, 6.07) is 3.47. The highest BCUT2D eigenvalue weighted by atomic mass is 32.2. The summed E-state index contributed by atoms with van der Waals surface area (Å²) in [6.45, 7) is 0. The van der Waals surface area contributed by atoms with Gasteiger partial charge in [-0.15, -0.1) is 23.1 Å². The number of oxime groups is 1. The molecule has 0 amide bonds. The van der Waals surface area contributed by atoms with Gasteiger partial charge in [0.15, 0.2) is 5.84 Å². The third-order valence-electron chi connectivity index (χ3n) is 1.75. The van der Waals surface area contributed by atoms with Gasteiger partial charge in [0.2, 0.25) is 0 Å². The fraction of sp³-hybridized carbons (Fsp3) is 0.375. The van der Waals surface area contributed by atoms with Gasteiger partial charge in [-0.05, 0) is 11.4 Å². The molecule has 1 atom stereocenters. The van der Waals surface area contributed by atoms with E-state index in [1.165, 1.54) is 11.3 Å². The quantitative estimate of drug-likeness (QED) is 0.291. The molecule has 0 aromatic carbocycles. The Morgan fingerprint density at radius 1 is 1.62 bits per heavy atom. The lowest BCUT2D eigenvalue weighted by molar-refractivity contribution is -0.150. The first-order valence-electron chi connectivity index (χ1n) is 4.15. The first-order valence-corrected chi connectivity index (χ1v) is 6.02. The van der Waals surface area contributed by atoms with E-state index in [2.05, 4.69) is 5.16 Å². The average Bonchev–Trinajstić information content (AvgIpc) is 2.68. The zero-order chi connectivity index (χ0) is 12.2. The van der Waals surface area contributed by atoms with Gasteiger partial charge in [0.25, 0.3) is 0 Å². The Labute approximate surface area is 98.1 Å². The van der Waals surface area contributed by atoms with Crippen molar-refractivity contribution in [2.45, 2.75) is 10.4 Å². The standard InChI is InChI=1S/C8H9F3N2OS2/c9-8(10,11)5(7(12)13-14)4-16-6-2-1-3-15-6/h1-3,5,14H,4H2,(H2,12,13). The number of thioether (sulfide) groups is 1. The maximum absolute atomic E-state index is 12.5. The monoisotopic (exact) mass is 270 g/mol. The van der Waals surface area contributed by atoms with Gasteiger partial charge in [-0.25, -0.2) is 0 Å². The van der Waals surface area contributed by atoms with E-state index < -0.39 is 17.9 Å². The molecule has 0 aliphatic heterocycles. The molecule has 3 nitrogen and oxygen atoms in total. The zero-order valence-electron chi connectivity index (χ0n) is 7.94. The molecule has 16 heavy (non-hydrogen) atoms. The predicted molar refractivity (Wildman–Crippen MR) is 58.0 cm³/mol. The van der Waals surface area contributed by atoms with Crippen LogP contribution >= 0.6 is 23.1 Å². The van der Waals surface area contributed by atoms with Crippen LogP contribution in [0.15, 0.2) is 26.9 Å². The molecular formula is C8H9F3N2OS2. The van der Waals surface area contributed by atoms with Crippen molar-refractivity contribution in [3.63, 3.8) is 0 Å². The molecule has 0 saturated carbocycles. The number of alkyl halides is 3. The summed E-state index contributed by atoms with van der Waals surface area (Å²) in [6.07, 6.45) is -4.50. The average molecular weight is 270 g/mol. The van der Waals surface area contributed by atoms with E-state index in [-0.39, 0.29) is 5.75 Å². The molecule has 0 aliphatic carbocycles. The van der Waals surface area contributed by atoms with Crippen molar-refractivity contribution in [1.82, 2.24) is 0 Å². The minimum Gasteiger partial charge on any atom is -0.409 e. The van der Waals surface area contributed by atoms with Crippen molar-refractivity contribution >= 4 is 28.9 Å². The minimum atomic E-state index is -4.50. The summed E-state index contributed by atoms with van der Waals surface area (Å²) in [4.78, 5) is 0. The normalized spacial score (nSPS) is 15.1. The second kappa shape index (κ2) is 5.44. The molecule has 90 valence electrons. The number of hydrogen-bond acceptors (Lipinski definition) is 4. The Bertz CT molecular complexity index is 351. The Hall–Kier alpha value is -0.890. The molecule has 0 radical (unpaired) electrons. The van der Waals surface area contributed by atoms with Crippen LogP contribution in [0.1, 0.15) is 0 Å². The van der Waals surface area contributed by atoms with Crippen LogP contribution in [0.25, 0.3) is 0 Å². The van der Waals surface area contributed by atoms with E-state index in [9.17, 15) is 13.2 Å². The van der Waals surface area contributed by atoms with Crippen molar-refractivity contribution in [3.8, 4) is 0 Å². The van der Waals surface area contributed by atoms with Gasteiger partial charge in [-0.3, -0.25) is 0 Å². The summed E-state index contributed by atoms with van der Waals surface area (Å²) in [5.41, 5.74) is 5.01. The van der Waals surface area contributed by atoms with Crippen LogP contribution in [-0.2, 0) is 0 Å². The third kappa shape index (κ3) is 3.60. The molecule has 0 saturated heterocycles. The molecule has 0 bridgehead atoms. The van der Waals surface area contributed by atoms with E-state index in [1.807, 2.05) is 0 Å². The van der Waals surface area contributed by atoms with Crippen molar-refractivity contribution in [3.05, 3.63) is 17.5 Å². The Balaban J connectivity index is 2.65. The fourth-order valence-corrected chi connectivity index (χ4v) is 2.89. The first-order chi connectivity index (χ1) is 7.45. The maximum atomic E-state index is 12.5. The van der Waals surface area contributed by atoms with Crippen molar-refractivity contribution in [2.75, 3.05) is 5.75 Å². The van der Waals surface area contributed by atoms with Crippen LogP contribution in [0.4, 0.5) is 13.2 Å². The topological polar surface area (TPSA) is 58.6 Å². The molecule has 1 rings (SSSR count). The van der Waals surface area contributed by atoms with Crippen LogP contribution in [0, 0.1) is 5.92 Å². The highest BCUT2D eigenvalue weighted by Gasteiger charge is 2.42. The van der Waals surface area contributed by atoms with Crippen LogP contribution in [0.5, 0.6) is 0 Å². The lowest BCUT2D eigenvalue weighted by Gasteiger charge is -2.17. The molecule has 0 fully saturated rings. The van der Waals surface area contributed by atoms with Crippen LogP contribution in [-0.4, -0.2) is 23.0 Å². The largest absolute Gasteiger partial charge is 0.409 e. The van der Waals surface area contributed by atoms with Gasteiger partial charge in [0, 0.05) is 5.75 Å². The number of nitrogens with two attached hydrogens (primary N) is 1. The van der Waals surface area contributed by atoms with E-state index in [0.29, 0.717) is 0 Å². The number of amidine groups is 1. The number of hydrogen-bond donors (Lipinski definition) is 2. The Morgan fingerprint density at radius 2 is 2.31 bits per heavy atom. The second-order valence-electron chi connectivity index (χ2n) is 2.86. The third-order valence-corrected chi connectivity index (χ3v) is 3.98. The number of halogens is 3. The summed E-state index contributed by atoms with van der Waals surface area (Å²) in [7, 11) is 0. The van der Waals surface area contributed by atoms with Crippen molar-refractivity contribution in [2.24, 2.45) is 16.8 Å². The van der Waals surface area contributed by atoms with Crippen LogP contribution in [0.3, 0.4) is 0 Å². The SMILES string of the molecule is N/C(=N/O)C(CSc1cccs1)C(F)(F)F. The summed E-state index contributed by atoms with van der Waals surface area (Å²) < 4.78 is 38.3. The van der Waals surface area contributed by atoms with E-state index in [0.717, 1.165) is 16.0 Å². The van der Waals surface area contributed by atoms with Crippen LogP contribution < -0.4 is 5.73 Å². The lowest BCUT2D eigenvalue weighted by Crippen LogP contribution is -2.37. The summed E-state index contributed by atoms with van der Waals surface area (Å²) in [5.74, 6) is -3.03. The molecule has 1 aromatic rings. The fourth-order valence-electron chi connectivity index (χ4n) is 0.928.